The van der Waals surface area contributed by atoms with Gasteiger partial charge < -0.3 is 14.6 Å². The Morgan fingerprint density at radius 2 is 1.96 bits per heavy atom. The Hall–Kier alpha value is -1.55. The van der Waals surface area contributed by atoms with Gasteiger partial charge >= 0.3 is 5.97 Å². The highest BCUT2D eigenvalue weighted by atomic mass is 16.5. The van der Waals surface area contributed by atoms with Crippen molar-refractivity contribution in [2.24, 2.45) is 17.3 Å². The molecule has 1 aromatic carbocycles. The summed E-state index contributed by atoms with van der Waals surface area (Å²) < 4.78 is 11.1. The Bertz CT molecular complexity index is 652. The van der Waals surface area contributed by atoms with Gasteiger partial charge in [0.05, 0.1) is 18.1 Å². The number of hydrogen-bond donors (Lipinski definition) is 1. The van der Waals surface area contributed by atoms with Crippen LogP contribution in [0.15, 0.2) is 18.2 Å². The first-order valence-corrected chi connectivity index (χ1v) is 8.95. The Morgan fingerprint density at radius 3 is 2.58 bits per heavy atom. The van der Waals surface area contributed by atoms with Gasteiger partial charge in [0.15, 0.2) is 0 Å². The van der Waals surface area contributed by atoms with Crippen LogP contribution in [0.5, 0.6) is 5.75 Å². The fourth-order valence-corrected chi connectivity index (χ4v) is 5.77. The lowest BCUT2D eigenvalue weighted by atomic mass is 9.48. The van der Waals surface area contributed by atoms with Crippen LogP contribution in [0.3, 0.4) is 0 Å². The van der Waals surface area contributed by atoms with Gasteiger partial charge in [-0.2, -0.15) is 0 Å². The zero-order valence-corrected chi connectivity index (χ0v) is 14.5. The van der Waals surface area contributed by atoms with E-state index in [2.05, 4.69) is 0 Å². The SMILES string of the molecule is COc1ccc(C)cc1COC(=O)C12C[C@@H]3C[C@@H](CC(O)(C3)C1)C2. The molecule has 4 nitrogen and oxygen atoms in total. The fourth-order valence-electron chi connectivity index (χ4n) is 5.77. The number of aliphatic hydroxyl groups is 1. The van der Waals surface area contributed by atoms with Crippen molar-refractivity contribution in [2.75, 3.05) is 7.11 Å². The molecule has 130 valence electrons. The third-order valence-electron chi connectivity index (χ3n) is 6.26. The number of methoxy groups -OCH3 is 1. The van der Waals surface area contributed by atoms with E-state index < -0.39 is 11.0 Å². The van der Waals surface area contributed by atoms with E-state index in [0.717, 1.165) is 42.6 Å². The lowest BCUT2D eigenvalue weighted by molar-refractivity contribution is -0.197. The molecule has 2 unspecified atom stereocenters. The van der Waals surface area contributed by atoms with Crippen molar-refractivity contribution < 1.29 is 19.4 Å². The van der Waals surface area contributed by atoms with Crippen LogP contribution in [-0.4, -0.2) is 23.8 Å². The summed E-state index contributed by atoms with van der Waals surface area (Å²) in [6.45, 7) is 2.25. The average Bonchev–Trinajstić information content (AvgIpc) is 2.50. The van der Waals surface area contributed by atoms with Crippen LogP contribution in [0.25, 0.3) is 0 Å². The minimum absolute atomic E-state index is 0.126. The summed E-state index contributed by atoms with van der Waals surface area (Å²) in [6, 6.07) is 5.89. The highest BCUT2D eigenvalue weighted by molar-refractivity contribution is 5.78. The summed E-state index contributed by atoms with van der Waals surface area (Å²) in [5, 5.41) is 10.8. The molecule has 5 rings (SSSR count). The van der Waals surface area contributed by atoms with E-state index in [-0.39, 0.29) is 12.6 Å². The molecule has 0 spiro atoms. The van der Waals surface area contributed by atoms with Crippen LogP contribution in [0.1, 0.15) is 49.7 Å². The van der Waals surface area contributed by atoms with Crippen molar-refractivity contribution in [3.63, 3.8) is 0 Å². The molecule has 4 fully saturated rings. The second-order valence-corrected chi connectivity index (χ2v) is 8.36. The number of carbonyl (C=O) groups is 1. The molecular formula is C20H26O4. The first kappa shape index (κ1) is 15.9. The van der Waals surface area contributed by atoms with Crippen molar-refractivity contribution in [1.82, 2.24) is 0 Å². The smallest absolute Gasteiger partial charge is 0.312 e. The Morgan fingerprint density at radius 1 is 1.25 bits per heavy atom. The Balaban J connectivity index is 1.50. The van der Waals surface area contributed by atoms with Gasteiger partial charge in [-0.1, -0.05) is 11.6 Å². The van der Waals surface area contributed by atoms with Crippen LogP contribution in [-0.2, 0) is 16.1 Å². The van der Waals surface area contributed by atoms with Crippen LogP contribution < -0.4 is 4.74 Å². The number of aryl methyl sites for hydroxylation is 1. The molecule has 0 aromatic heterocycles. The first-order valence-electron chi connectivity index (χ1n) is 8.95. The molecule has 4 saturated carbocycles. The first-order chi connectivity index (χ1) is 11.4. The predicted octanol–water partition coefficient (Wildman–Crippen LogP) is 3.38. The number of rotatable bonds is 4. The largest absolute Gasteiger partial charge is 0.496 e. The Labute approximate surface area is 143 Å². The summed E-state index contributed by atoms with van der Waals surface area (Å²) in [5.41, 5.74) is 0.917. The highest BCUT2D eigenvalue weighted by Gasteiger charge is 2.60. The van der Waals surface area contributed by atoms with Gasteiger partial charge in [-0.25, -0.2) is 0 Å². The third kappa shape index (κ3) is 2.61. The van der Waals surface area contributed by atoms with E-state index in [4.69, 9.17) is 9.47 Å². The molecule has 0 saturated heterocycles. The van der Waals surface area contributed by atoms with Crippen molar-refractivity contribution >= 4 is 5.97 Å². The van der Waals surface area contributed by atoms with E-state index in [0.29, 0.717) is 18.3 Å². The van der Waals surface area contributed by atoms with Crippen LogP contribution in [0, 0.1) is 24.2 Å². The Kier molecular flexibility index (Phi) is 3.64. The van der Waals surface area contributed by atoms with E-state index in [1.807, 2.05) is 25.1 Å². The minimum Gasteiger partial charge on any atom is -0.496 e. The van der Waals surface area contributed by atoms with Crippen molar-refractivity contribution in [1.29, 1.82) is 0 Å². The van der Waals surface area contributed by atoms with Crippen molar-refractivity contribution in [3.8, 4) is 5.75 Å². The fraction of sp³-hybridized carbons (Fsp3) is 0.650. The monoisotopic (exact) mass is 330 g/mol. The molecular weight excluding hydrogens is 304 g/mol. The van der Waals surface area contributed by atoms with Gasteiger partial charge in [0.2, 0.25) is 0 Å². The molecule has 4 aliphatic rings. The minimum atomic E-state index is -0.635. The second kappa shape index (κ2) is 5.48. The van der Waals surface area contributed by atoms with Crippen molar-refractivity contribution in [3.05, 3.63) is 29.3 Å². The normalized spacial score (nSPS) is 36.6. The van der Waals surface area contributed by atoms with Gasteiger partial charge in [0.1, 0.15) is 12.4 Å². The lowest BCUT2D eigenvalue weighted by Crippen LogP contribution is -2.58. The standard InChI is InChI=1S/C20H26O4/c1-13-3-4-17(23-2)16(5-13)11-24-18(21)19-7-14-6-15(8-19)10-20(22,9-14)12-19/h3-5,14-15,22H,6-12H2,1-2H3/t14-,15+,19?,20?. The number of hydrogen-bond acceptors (Lipinski definition) is 4. The quantitative estimate of drug-likeness (QED) is 0.860. The number of esters is 1. The van der Waals surface area contributed by atoms with E-state index in [9.17, 15) is 9.90 Å². The summed E-state index contributed by atoms with van der Waals surface area (Å²) in [5.74, 6) is 1.59. The molecule has 0 aliphatic heterocycles. The van der Waals surface area contributed by atoms with Crippen LogP contribution in [0.2, 0.25) is 0 Å². The van der Waals surface area contributed by atoms with Crippen molar-refractivity contribution in [2.45, 2.75) is 57.7 Å². The summed E-state index contributed by atoms with van der Waals surface area (Å²) in [4.78, 5) is 12.9. The van der Waals surface area contributed by atoms with E-state index in [1.165, 1.54) is 6.42 Å². The molecule has 0 amide bonds. The average molecular weight is 330 g/mol. The van der Waals surface area contributed by atoms with E-state index >= 15 is 0 Å². The third-order valence-corrected chi connectivity index (χ3v) is 6.26. The highest BCUT2D eigenvalue weighted by Crippen LogP contribution is 2.62. The van der Waals surface area contributed by atoms with Gasteiger partial charge in [0.25, 0.3) is 0 Å². The number of carbonyl (C=O) groups excluding carboxylic acids is 1. The zero-order chi connectivity index (χ0) is 16.9. The molecule has 1 N–H and O–H groups in total. The number of ether oxygens (including phenoxy) is 2. The predicted molar refractivity (Wildman–Crippen MR) is 89.6 cm³/mol. The maximum atomic E-state index is 12.9. The molecule has 1 aromatic rings. The maximum Gasteiger partial charge on any atom is 0.312 e. The topological polar surface area (TPSA) is 55.8 Å². The molecule has 4 atom stereocenters. The number of benzene rings is 1. The second-order valence-electron chi connectivity index (χ2n) is 8.36. The van der Waals surface area contributed by atoms with Gasteiger partial charge in [0, 0.05) is 5.56 Å². The van der Waals surface area contributed by atoms with Gasteiger partial charge in [-0.05, 0) is 69.4 Å². The molecule has 0 radical (unpaired) electrons. The van der Waals surface area contributed by atoms with Crippen LogP contribution in [0.4, 0.5) is 0 Å². The molecule has 24 heavy (non-hydrogen) atoms. The van der Waals surface area contributed by atoms with Gasteiger partial charge in [-0.15, -0.1) is 0 Å². The van der Waals surface area contributed by atoms with Gasteiger partial charge in [-0.3, -0.25) is 4.79 Å². The van der Waals surface area contributed by atoms with Crippen LogP contribution >= 0.6 is 0 Å². The summed E-state index contributed by atoms with van der Waals surface area (Å²) in [6.07, 6.45) is 5.25. The summed E-state index contributed by atoms with van der Waals surface area (Å²) in [7, 11) is 1.63. The molecule has 4 aliphatic carbocycles. The molecule has 4 bridgehead atoms. The summed E-state index contributed by atoms with van der Waals surface area (Å²) >= 11 is 0. The maximum absolute atomic E-state index is 12.9. The molecule has 0 heterocycles. The zero-order valence-electron chi connectivity index (χ0n) is 14.5. The molecule has 4 heteroatoms. The lowest BCUT2D eigenvalue weighted by Gasteiger charge is -2.58. The van der Waals surface area contributed by atoms with E-state index in [1.54, 1.807) is 7.11 Å².